The lowest BCUT2D eigenvalue weighted by atomic mass is 9.74. The van der Waals surface area contributed by atoms with Gasteiger partial charge in [0.1, 0.15) is 0 Å². The third kappa shape index (κ3) is 5.05. The number of nitrogens with zero attached hydrogens (tertiary/aromatic N) is 2. The zero-order valence-corrected chi connectivity index (χ0v) is 18.8. The normalized spacial score (nSPS) is 20.8. The first-order valence-corrected chi connectivity index (χ1v) is 12.0. The summed E-state index contributed by atoms with van der Waals surface area (Å²) in [5, 5.41) is 9.43. The fourth-order valence-corrected chi connectivity index (χ4v) is 5.59. The number of nitrogens with one attached hydrogen (secondary N) is 2. The van der Waals surface area contributed by atoms with Crippen molar-refractivity contribution in [3.05, 3.63) is 58.3 Å². The highest BCUT2D eigenvalue weighted by atomic mass is 32.1. The monoisotopic (exact) mass is 426 g/mol. The van der Waals surface area contributed by atoms with Crippen LogP contribution in [0.1, 0.15) is 42.2 Å². The number of hydrogen-bond donors (Lipinski definition) is 2. The Kier molecular flexibility index (Phi) is 7.42. The van der Waals surface area contributed by atoms with Crippen LogP contribution in [-0.2, 0) is 10.2 Å². The number of likely N-dealkylation sites (tertiary alicyclic amines) is 1. The Balaban J connectivity index is 1.40. The minimum Gasteiger partial charge on any atom is -0.381 e. The van der Waals surface area contributed by atoms with Crippen LogP contribution in [0.3, 0.4) is 0 Å². The average Bonchev–Trinajstić information content (AvgIpc) is 3.52. The summed E-state index contributed by atoms with van der Waals surface area (Å²) in [6.45, 7) is 5.76. The molecule has 2 N–H and O–H groups in total. The minimum atomic E-state index is 0.0965. The maximum Gasteiger partial charge on any atom is 0.191 e. The Morgan fingerprint density at radius 2 is 1.87 bits per heavy atom. The van der Waals surface area contributed by atoms with Gasteiger partial charge in [-0.15, -0.1) is 11.3 Å². The van der Waals surface area contributed by atoms with Gasteiger partial charge < -0.3 is 15.4 Å². The molecule has 0 spiro atoms. The van der Waals surface area contributed by atoms with E-state index in [-0.39, 0.29) is 5.41 Å². The van der Waals surface area contributed by atoms with Crippen molar-refractivity contribution in [2.45, 2.75) is 37.1 Å². The number of aliphatic imine (C=N–C) groups is 1. The Morgan fingerprint density at radius 3 is 2.53 bits per heavy atom. The van der Waals surface area contributed by atoms with E-state index in [0.29, 0.717) is 6.04 Å². The van der Waals surface area contributed by atoms with Crippen molar-refractivity contribution in [3.8, 4) is 0 Å². The van der Waals surface area contributed by atoms with Gasteiger partial charge in [0.25, 0.3) is 0 Å². The zero-order chi connectivity index (χ0) is 20.7. The lowest BCUT2D eigenvalue weighted by molar-refractivity contribution is 0.0513. The molecule has 0 bridgehead atoms. The highest BCUT2D eigenvalue weighted by Crippen LogP contribution is 2.34. The second-order valence-corrected chi connectivity index (χ2v) is 9.32. The molecule has 2 aliphatic rings. The molecule has 4 rings (SSSR count). The van der Waals surface area contributed by atoms with Crippen molar-refractivity contribution in [2.75, 3.05) is 46.4 Å². The van der Waals surface area contributed by atoms with Gasteiger partial charge in [-0.1, -0.05) is 36.4 Å². The highest BCUT2D eigenvalue weighted by molar-refractivity contribution is 7.10. The molecule has 1 aromatic carbocycles. The molecule has 1 unspecified atom stereocenters. The molecule has 2 fully saturated rings. The van der Waals surface area contributed by atoms with Gasteiger partial charge in [-0.3, -0.25) is 9.89 Å². The number of hydrogen-bond acceptors (Lipinski definition) is 4. The maximum atomic E-state index is 5.68. The van der Waals surface area contributed by atoms with Gasteiger partial charge in [0.2, 0.25) is 0 Å². The van der Waals surface area contributed by atoms with Crippen molar-refractivity contribution in [2.24, 2.45) is 4.99 Å². The smallest absolute Gasteiger partial charge is 0.191 e. The van der Waals surface area contributed by atoms with Crippen LogP contribution in [0.5, 0.6) is 0 Å². The molecule has 3 heterocycles. The Labute approximate surface area is 184 Å². The van der Waals surface area contributed by atoms with E-state index < -0.39 is 0 Å². The zero-order valence-electron chi connectivity index (χ0n) is 18.0. The topological polar surface area (TPSA) is 48.9 Å². The molecular formula is C24H34N4OS. The van der Waals surface area contributed by atoms with Crippen LogP contribution in [0.2, 0.25) is 0 Å². The van der Waals surface area contributed by atoms with Crippen LogP contribution in [0, 0.1) is 0 Å². The predicted molar refractivity (Wildman–Crippen MR) is 125 cm³/mol. The lowest BCUT2D eigenvalue weighted by Crippen LogP contribution is -2.49. The average molecular weight is 427 g/mol. The molecule has 5 nitrogen and oxygen atoms in total. The first kappa shape index (κ1) is 21.3. The largest absolute Gasteiger partial charge is 0.381 e. The molecular weight excluding hydrogens is 392 g/mol. The summed E-state index contributed by atoms with van der Waals surface area (Å²) >= 11 is 1.85. The molecule has 2 aromatic rings. The van der Waals surface area contributed by atoms with Crippen molar-refractivity contribution in [1.29, 1.82) is 0 Å². The molecule has 0 radical (unpaired) electrons. The lowest BCUT2D eigenvalue weighted by Gasteiger charge is -2.38. The van der Waals surface area contributed by atoms with E-state index in [2.05, 4.69) is 68.4 Å². The Bertz CT molecular complexity index is 781. The summed E-state index contributed by atoms with van der Waals surface area (Å²) < 4.78 is 5.68. The van der Waals surface area contributed by atoms with Gasteiger partial charge in [0, 0.05) is 43.6 Å². The van der Waals surface area contributed by atoms with Crippen LogP contribution in [0.15, 0.2) is 52.8 Å². The number of benzene rings is 1. The molecule has 2 saturated heterocycles. The van der Waals surface area contributed by atoms with Crippen LogP contribution in [-0.4, -0.2) is 57.3 Å². The number of guanidine groups is 1. The SMILES string of the molecule is CN=C(NCC(c1cccs1)N1CCCC1)NCC1(c2ccccc2)CCOCC1. The second kappa shape index (κ2) is 10.4. The van der Waals surface area contributed by atoms with Crippen LogP contribution in [0.25, 0.3) is 0 Å². The third-order valence-electron chi connectivity index (χ3n) is 6.57. The molecule has 1 aromatic heterocycles. The van der Waals surface area contributed by atoms with Crippen LogP contribution < -0.4 is 10.6 Å². The summed E-state index contributed by atoms with van der Waals surface area (Å²) in [5.41, 5.74) is 1.49. The summed E-state index contributed by atoms with van der Waals surface area (Å²) in [5.74, 6) is 0.887. The molecule has 0 aliphatic carbocycles. The summed E-state index contributed by atoms with van der Waals surface area (Å²) in [6.07, 6.45) is 4.67. The van der Waals surface area contributed by atoms with E-state index in [9.17, 15) is 0 Å². The van der Waals surface area contributed by atoms with Gasteiger partial charge >= 0.3 is 0 Å². The standard InChI is InChI=1S/C24H34N4OS/c1-25-23(26-18-21(22-10-7-17-30-22)28-13-5-6-14-28)27-19-24(11-15-29-16-12-24)20-8-3-2-4-9-20/h2-4,7-10,17,21H,5-6,11-16,18-19H2,1H3,(H2,25,26,27). The second-order valence-electron chi connectivity index (χ2n) is 8.34. The quantitative estimate of drug-likeness (QED) is 0.522. The van der Waals surface area contributed by atoms with Gasteiger partial charge in [-0.2, -0.15) is 0 Å². The molecule has 30 heavy (non-hydrogen) atoms. The number of thiophene rings is 1. The molecule has 2 aliphatic heterocycles. The van der Waals surface area contributed by atoms with Crippen LogP contribution in [0.4, 0.5) is 0 Å². The van der Waals surface area contributed by atoms with Gasteiger partial charge in [-0.05, 0) is 55.8 Å². The molecule has 0 saturated carbocycles. The minimum absolute atomic E-state index is 0.0965. The Hall–Kier alpha value is -1.89. The van der Waals surface area contributed by atoms with E-state index in [1.807, 2.05) is 18.4 Å². The van der Waals surface area contributed by atoms with Crippen LogP contribution >= 0.6 is 11.3 Å². The maximum absolute atomic E-state index is 5.68. The molecule has 162 valence electrons. The van der Waals surface area contributed by atoms with Crippen molar-refractivity contribution >= 4 is 17.3 Å². The predicted octanol–water partition coefficient (Wildman–Crippen LogP) is 3.80. The molecule has 1 atom stereocenters. The van der Waals surface area contributed by atoms with Gasteiger partial charge in [0.05, 0.1) is 6.04 Å². The first-order valence-electron chi connectivity index (χ1n) is 11.2. The summed E-state index contributed by atoms with van der Waals surface area (Å²) in [6, 6.07) is 15.7. The first-order chi connectivity index (χ1) is 14.8. The van der Waals surface area contributed by atoms with E-state index >= 15 is 0 Å². The number of rotatable bonds is 7. The van der Waals surface area contributed by atoms with E-state index in [1.165, 1.54) is 36.4 Å². The van der Waals surface area contributed by atoms with E-state index in [4.69, 9.17) is 4.74 Å². The van der Waals surface area contributed by atoms with E-state index in [0.717, 1.165) is 45.1 Å². The van der Waals surface area contributed by atoms with Crippen molar-refractivity contribution in [1.82, 2.24) is 15.5 Å². The van der Waals surface area contributed by atoms with Crippen molar-refractivity contribution < 1.29 is 4.74 Å². The Morgan fingerprint density at radius 1 is 1.10 bits per heavy atom. The highest BCUT2D eigenvalue weighted by Gasteiger charge is 2.34. The van der Waals surface area contributed by atoms with Gasteiger partial charge in [-0.25, -0.2) is 0 Å². The molecule has 0 amide bonds. The van der Waals surface area contributed by atoms with E-state index in [1.54, 1.807) is 0 Å². The summed E-state index contributed by atoms with van der Waals surface area (Å²) in [7, 11) is 1.87. The van der Waals surface area contributed by atoms with Crippen molar-refractivity contribution in [3.63, 3.8) is 0 Å². The number of ether oxygens (including phenoxy) is 1. The fraction of sp³-hybridized carbons (Fsp3) is 0.542. The molecule has 6 heteroatoms. The summed E-state index contributed by atoms with van der Waals surface area (Å²) in [4.78, 5) is 8.57. The van der Waals surface area contributed by atoms with Gasteiger partial charge in [0.15, 0.2) is 5.96 Å². The third-order valence-corrected chi connectivity index (χ3v) is 7.54. The fourth-order valence-electron chi connectivity index (χ4n) is 4.73.